The first-order valence-corrected chi connectivity index (χ1v) is 8.16. The zero-order valence-electron chi connectivity index (χ0n) is 11.7. The van der Waals surface area contributed by atoms with Crippen LogP contribution in [0, 0.1) is 11.3 Å². The minimum atomic E-state index is -3.37. The lowest BCUT2D eigenvalue weighted by Gasteiger charge is -2.43. The van der Waals surface area contributed by atoms with Crippen LogP contribution in [-0.2, 0) is 14.8 Å². The maximum Gasteiger partial charge on any atom is 0.234 e. The number of carbonyl (C=O) groups excluding carboxylic acids is 1. The van der Waals surface area contributed by atoms with E-state index in [0.29, 0.717) is 25.3 Å². The maximum atomic E-state index is 12.1. The number of nitrogens with one attached hydrogen (secondary N) is 2. The molecule has 116 valence electrons. The Balaban J connectivity index is 2.58. The van der Waals surface area contributed by atoms with Gasteiger partial charge in [-0.3, -0.25) is 4.79 Å². The third-order valence-corrected chi connectivity index (χ3v) is 4.92. The molecule has 0 aliphatic heterocycles. The van der Waals surface area contributed by atoms with E-state index >= 15 is 0 Å². The summed E-state index contributed by atoms with van der Waals surface area (Å²) in [6.07, 6.45) is 0.989. The zero-order chi connectivity index (χ0) is 15.4. The van der Waals surface area contributed by atoms with E-state index in [9.17, 15) is 13.2 Å². The first kappa shape index (κ1) is 16.7. The van der Waals surface area contributed by atoms with E-state index < -0.39 is 21.3 Å². The molecule has 1 rings (SSSR count). The van der Waals surface area contributed by atoms with Gasteiger partial charge in [0, 0.05) is 13.1 Å². The van der Waals surface area contributed by atoms with Crippen molar-refractivity contribution >= 4 is 21.8 Å². The number of amides is 1. The van der Waals surface area contributed by atoms with Gasteiger partial charge in [0.25, 0.3) is 0 Å². The van der Waals surface area contributed by atoms with Gasteiger partial charge in [-0.05, 0) is 18.8 Å². The van der Waals surface area contributed by atoms with Crippen molar-refractivity contribution in [2.75, 3.05) is 18.8 Å². The molecule has 0 heterocycles. The molecule has 0 aromatic rings. The molecule has 0 aromatic carbocycles. The first-order valence-electron chi connectivity index (χ1n) is 6.51. The molecule has 0 bridgehead atoms. The summed E-state index contributed by atoms with van der Waals surface area (Å²) in [4.78, 5) is 12.1. The fourth-order valence-electron chi connectivity index (χ4n) is 2.50. The Labute approximate surface area is 118 Å². The second-order valence-electron chi connectivity index (χ2n) is 5.15. The van der Waals surface area contributed by atoms with Gasteiger partial charge in [-0.15, -0.1) is 0 Å². The van der Waals surface area contributed by atoms with E-state index in [1.165, 1.54) is 0 Å². The molecule has 1 fully saturated rings. The summed E-state index contributed by atoms with van der Waals surface area (Å²) in [5.74, 6) is -0.402. The normalized spacial score (nSPS) is 26.9. The van der Waals surface area contributed by atoms with Crippen LogP contribution < -0.4 is 15.8 Å². The van der Waals surface area contributed by atoms with E-state index in [1.54, 1.807) is 6.92 Å². The van der Waals surface area contributed by atoms with Crippen molar-refractivity contribution in [3.8, 4) is 0 Å². The zero-order valence-corrected chi connectivity index (χ0v) is 12.5. The van der Waals surface area contributed by atoms with Crippen molar-refractivity contribution in [3.63, 3.8) is 0 Å². The Hall–Kier alpha value is -1.35. The molecule has 0 spiro atoms. The van der Waals surface area contributed by atoms with Gasteiger partial charge in [0.05, 0.1) is 5.75 Å². The minimum Gasteiger partial charge on any atom is -0.409 e. The molecule has 0 saturated heterocycles. The lowest BCUT2D eigenvalue weighted by atomic mass is 9.61. The quantitative estimate of drug-likeness (QED) is 0.211. The minimum absolute atomic E-state index is 0.0109. The highest BCUT2D eigenvalue weighted by atomic mass is 32.2. The fourth-order valence-corrected chi connectivity index (χ4v) is 3.45. The van der Waals surface area contributed by atoms with Gasteiger partial charge < -0.3 is 16.3 Å². The van der Waals surface area contributed by atoms with E-state index in [0.717, 1.165) is 0 Å². The number of carbonyl (C=O) groups is 1. The maximum absolute atomic E-state index is 12.1. The number of sulfonamides is 1. The fraction of sp³-hybridized carbons (Fsp3) is 0.818. The molecule has 0 radical (unpaired) electrons. The monoisotopic (exact) mass is 306 g/mol. The summed E-state index contributed by atoms with van der Waals surface area (Å²) in [6, 6.07) is 0. The van der Waals surface area contributed by atoms with Gasteiger partial charge in [-0.25, -0.2) is 13.1 Å². The highest BCUT2D eigenvalue weighted by Crippen LogP contribution is 2.45. The second kappa shape index (κ2) is 6.40. The molecule has 1 aliphatic rings. The van der Waals surface area contributed by atoms with Gasteiger partial charge in [-0.1, -0.05) is 19.0 Å². The molecule has 8 nitrogen and oxygen atoms in total. The molecule has 0 unspecified atom stereocenters. The van der Waals surface area contributed by atoms with Gasteiger partial charge in [-0.2, -0.15) is 0 Å². The van der Waals surface area contributed by atoms with Crippen molar-refractivity contribution in [1.82, 2.24) is 10.0 Å². The summed E-state index contributed by atoms with van der Waals surface area (Å²) in [5.41, 5.74) is 4.59. The molecule has 1 amide bonds. The average molecular weight is 306 g/mol. The van der Waals surface area contributed by atoms with Crippen LogP contribution in [0.2, 0.25) is 0 Å². The number of amidine groups is 1. The predicted octanol–water partition coefficient (Wildman–Crippen LogP) is -0.795. The molecule has 0 aromatic heterocycles. The van der Waals surface area contributed by atoms with Gasteiger partial charge in [0.1, 0.15) is 5.41 Å². The molecule has 1 aliphatic carbocycles. The topological polar surface area (TPSA) is 134 Å². The van der Waals surface area contributed by atoms with E-state index in [2.05, 4.69) is 15.2 Å². The molecular weight excluding hydrogens is 284 g/mol. The molecule has 20 heavy (non-hydrogen) atoms. The summed E-state index contributed by atoms with van der Waals surface area (Å²) in [5, 5.41) is 14.2. The Morgan fingerprint density at radius 2 is 2.10 bits per heavy atom. The van der Waals surface area contributed by atoms with Gasteiger partial charge in [0.15, 0.2) is 5.84 Å². The molecule has 1 saturated carbocycles. The van der Waals surface area contributed by atoms with E-state index in [-0.39, 0.29) is 18.1 Å². The number of nitrogens with two attached hydrogens (primary N) is 1. The molecule has 5 N–H and O–H groups in total. The summed E-state index contributed by atoms with van der Waals surface area (Å²) >= 11 is 0. The van der Waals surface area contributed by atoms with Crippen molar-refractivity contribution in [1.29, 1.82) is 0 Å². The lowest BCUT2D eigenvalue weighted by molar-refractivity contribution is -0.133. The number of oxime groups is 1. The van der Waals surface area contributed by atoms with Crippen LogP contribution in [0.3, 0.4) is 0 Å². The second-order valence-corrected chi connectivity index (χ2v) is 7.08. The Bertz CT molecular complexity index is 483. The predicted molar refractivity (Wildman–Crippen MR) is 74.7 cm³/mol. The van der Waals surface area contributed by atoms with Crippen LogP contribution >= 0.6 is 0 Å². The Morgan fingerprint density at radius 1 is 1.50 bits per heavy atom. The summed E-state index contributed by atoms with van der Waals surface area (Å²) < 4.78 is 25.2. The SMILES string of the molecule is CCNS(=O)(=O)CCNC(=O)C1(C(N)=NO)CC(C)C1. The molecule has 9 heteroatoms. The highest BCUT2D eigenvalue weighted by molar-refractivity contribution is 7.89. The van der Waals surface area contributed by atoms with E-state index in [1.807, 2.05) is 6.92 Å². The van der Waals surface area contributed by atoms with Crippen molar-refractivity contribution in [2.45, 2.75) is 26.7 Å². The van der Waals surface area contributed by atoms with Crippen LogP contribution in [0.15, 0.2) is 5.16 Å². The van der Waals surface area contributed by atoms with Crippen molar-refractivity contribution in [3.05, 3.63) is 0 Å². The smallest absolute Gasteiger partial charge is 0.234 e. The van der Waals surface area contributed by atoms with Crippen LogP contribution in [0.1, 0.15) is 26.7 Å². The third-order valence-electron chi connectivity index (χ3n) is 3.45. The number of hydrogen-bond donors (Lipinski definition) is 4. The lowest BCUT2D eigenvalue weighted by Crippen LogP contribution is -2.57. The molecule has 0 atom stereocenters. The van der Waals surface area contributed by atoms with Crippen LogP contribution in [0.4, 0.5) is 0 Å². The van der Waals surface area contributed by atoms with Gasteiger partial charge >= 0.3 is 0 Å². The largest absolute Gasteiger partial charge is 0.409 e. The third kappa shape index (κ3) is 3.60. The number of nitrogens with zero attached hydrogens (tertiary/aromatic N) is 1. The summed E-state index contributed by atoms with van der Waals surface area (Å²) in [7, 11) is -3.37. The van der Waals surface area contributed by atoms with Gasteiger partial charge in [0.2, 0.25) is 15.9 Å². The van der Waals surface area contributed by atoms with Crippen molar-refractivity contribution < 1.29 is 18.4 Å². The standard InChI is InChI=1S/C11H22N4O4S/c1-3-14-20(18,19)5-4-13-10(16)11(9(12)15-17)6-8(2)7-11/h8,14,17H,3-7H2,1-2H3,(H2,12,15)(H,13,16). The Kier molecular flexibility index (Phi) is 5.35. The van der Waals surface area contributed by atoms with Crippen LogP contribution in [0.25, 0.3) is 0 Å². The average Bonchev–Trinajstić information content (AvgIpc) is 2.33. The molecular formula is C11H22N4O4S. The van der Waals surface area contributed by atoms with Crippen molar-refractivity contribution in [2.24, 2.45) is 22.2 Å². The highest BCUT2D eigenvalue weighted by Gasteiger charge is 2.52. The van der Waals surface area contributed by atoms with Crippen LogP contribution in [0.5, 0.6) is 0 Å². The first-order chi connectivity index (χ1) is 9.27. The van der Waals surface area contributed by atoms with Crippen LogP contribution in [-0.4, -0.2) is 44.2 Å². The Morgan fingerprint density at radius 3 is 2.55 bits per heavy atom. The van der Waals surface area contributed by atoms with E-state index in [4.69, 9.17) is 10.9 Å². The number of hydrogen-bond acceptors (Lipinski definition) is 5. The number of rotatable bonds is 7. The summed E-state index contributed by atoms with van der Waals surface area (Å²) in [6.45, 7) is 3.94.